The molecular formula is C10H10F2OS. The Hall–Kier alpha value is -0.610. The quantitative estimate of drug-likeness (QED) is 0.568. The third-order valence-corrected chi connectivity index (χ3v) is 2.95. The van der Waals surface area contributed by atoms with Crippen molar-refractivity contribution in [1.82, 2.24) is 0 Å². The Balaban J connectivity index is 2.19. The van der Waals surface area contributed by atoms with Crippen molar-refractivity contribution in [1.29, 1.82) is 0 Å². The highest BCUT2D eigenvalue weighted by molar-refractivity contribution is 7.99. The molecule has 0 bridgehead atoms. The highest BCUT2D eigenvalue weighted by Gasteiger charge is 2.41. The summed E-state index contributed by atoms with van der Waals surface area (Å²) in [5.41, 5.74) is 0.738. The van der Waals surface area contributed by atoms with E-state index in [-0.39, 0.29) is 5.60 Å². The van der Waals surface area contributed by atoms with Gasteiger partial charge in [0.25, 0.3) is 5.76 Å². The van der Waals surface area contributed by atoms with Crippen LogP contribution in [0.1, 0.15) is 12.5 Å². The maximum atomic E-state index is 12.1. The molecule has 0 aromatic heterocycles. The normalized spacial score (nSPS) is 25.4. The summed E-state index contributed by atoms with van der Waals surface area (Å²) in [5, 5.41) is 0. The SMILES string of the molecule is CC1(c2cccc(SC(F)F)c2)CO1. The monoisotopic (exact) mass is 216 g/mol. The zero-order chi connectivity index (χ0) is 10.2. The fourth-order valence-corrected chi connectivity index (χ4v) is 1.83. The maximum Gasteiger partial charge on any atom is 0.288 e. The fourth-order valence-electron chi connectivity index (χ4n) is 1.28. The van der Waals surface area contributed by atoms with E-state index in [4.69, 9.17) is 4.74 Å². The number of hydrogen-bond acceptors (Lipinski definition) is 2. The van der Waals surface area contributed by atoms with E-state index in [0.717, 1.165) is 5.56 Å². The molecule has 1 atom stereocenters. The topological polar surface area (TPSA) is 12.5 Å². The van der Waals surface area contributed by atoms with Crippen LogP contribution in [-0.2, 0) is 10.3 Å². The van der Waals surface area contributed by atoms with Crippen molar-refractivity contribution in [2.75, 3.05) is 6.61 Å². The Morgan fingerprint density at radius 3 is 2.79 bits per heavy atom. The van der Waals surface area contributed by atoms with Crippen LogP contribution < -0.4 is 0 Å². The van der Waals surface area contributed by atoms with Gasteiger partial charge >= 0.3 is 0 Å². The lowest BCUT2D eigenvalue weighted by Gasteiger charge is -2.07. The molecule has 0 saturated carbocycles. The molecule has 76 valence electrons. The number of alkyl halides is 2. The van der Waals surface area contributed by atoms with Crippen molar-refractivity contribution in [3.8, 4) is 0 Å². The molecule has 0 spiro atoms. The predicted molar refractivity (Wildman–Crippen MR) is 51.6 cm³/mol. The highest BCUT2D eigenvalue weighted by atomic mass is 32.2. The fraction of sp³-hybridized carbons (Fsp3) is 0.400. The van der Waals surface area contributed by atoms with Crippen LogP contribution in [0.2, 0.25) is 0 Å². The molecule has 0 amide bonds. The van der Waals surface area contributed by atoms with E-state index in [9.17, 15) is 8.78 Å². The molecule has 14 heavy (non-hydrogen) atoms. The van der Waals surface area contributed by atoms with Crippen LogP contribution in [-0.4, -0.2) is 12.4 Å². The number of epoxide rings is 1. The number of rotatable bonds is 3. The van der Waals surface area contributed by atoms with E-state index in [1.54, 1.807) is 18.2 Å². The molecular weight excluding hydrogens is 206 g/mol. The molecule has 1 aliphatic heterocycles. The van der Waals surface area contributed by atoms with Crippen molar-refractivity contribution in [3.05, 3.63) is 29.8 Å². The summed E-state index contributed by atoms with van der Waals surface area (Å²) < 4.78 is 29.4. The second-order valence-corrected chi connectivity index (χ2v) is 4.49. The standard InChI is InChI=1S/C10H10F2OS/c1-10(6-13-10)7-3-2-4-8(5-7)14-9(11)12/h2-5,9H,6H2,1H3. The molecule has 1 aromatic carbocycles. The van der Waals surface area contributed by atoms with E-state index in [1.165, 1.54) is 0 Å². The van der Waals surface area contributed by atoms with Gasteiger partial charge in [0.2, 0.25) is 0 Å². The Morgan fingerprint density at radius 1 is 1.50 bits per heavy atom. The van der Waals surface area contributed by atoms with Crippen molar-refractivity contribution < 1.29 is 13.5 Å². The summed E-state index contributed by atoms with van der Waals surface area (Å²) in [5.74, 6) is -2.36. The van der Waals surface area contributed by atoms with Crippen LogP contribution in [0.3, 0.4) is 0 Å². The summed E-state index contributed by atoms with van der Waals surface area (Å²) in [6.45, 7) is 2.63. The smallest absolute Gasteiger partial charge is 0.288 e. The van der Waals surface area contributed by atoms with Gasteiger partial charge in [-0.15, -0.1) is 0 Å². The van der Waals surface area contributed by atoms with Gasteiger partial charge < -0.3 is 4.74 Å². The van der Waals surface area contributed by atoms with Gasteiger partial charge in [0.05, 0.1) is 6.61 Å². The van der Waals surface area contributed by atoms with Crippen LogP contribution in [0.15, 0.2) is 29.2 Å². The number of ether oxygens (including phenoxy) is 1. The second-order valence-electron chi connectivity index (χ2n) is 3.43. The van der Waals surface area contributed by atoms with Crippen molar-refractivity contribution in [2.45, 2.75) is 23.2 Å². The first-order valence-corrected chi connectivity index (χ1v) is 5.17. The zero-order valence-corrected chi connectivity index (χ0v) is 8.48. The van der Waals surface area contributed by atoms with Gasteiger partial charge in [-0.3, -0.25) is 0 Å². The molecule has 1 unspecified atom stereocenters. The Bertz CT molecular complexity index is 337. The van der Waals surface area contributed by atoms with Gasteiger partial charge in [0.1, 0.15) is 5.60 Å². The number of hydrogen-bond donors (Lipinski definition) is 0. The van der Waals surface area contributed by atoms with E-state index in [1.807, 2.05) is 13.0 Å². The lowest BCUT2D eigenvalue weighted by atomic mass is 10.0. The van der Waals surface area contributed by atoms with Crippen molar-refractivity contribution in [3.63, 3.8) is 0 Å². The van der Waals surface area contributed by atoms with Gasteiger partial charge in [-0.05, 0) is 24.6 Å². The third-order valence-electron chi connectivity index (χ3n) is 2.25. The average Bonchev–Trinajstić information content (AvgIpc) is 2.84. The molecule has 2 rings (SSSR count). The largest absolute Gasteiger partial charge is 0.365 e. The van der Waals surface area contributed by atoms with Gasteiger partial charge in [-0.25, -0.2) is 0 Å². The average molecular weight is 216 g/mol. The molecule has 1 fully saturated rings. The van der Waals surface area contributed by atoms with Crippen LogP contribution in [0, 0.1) is 0 Å². The van der Waals surface area contributed by atoms with Crippen LogP contribution in [0.5, 0.6) is 0 Å². The first kappa shape index (κ1) is 9.93. The summed E-state index contributed by atoms with van der Waals surface area (Å²) >= 11 is 0.568. The summed E-state index contributed by atoms with van der Waals surface area (Å²) in [7, 11) is 0. The second kappa shape index (κ2) is 3.51. The minimum Gasteiger partial charge on any atom is -0.365 e. The summed E-state index contributed by atoms with van der Waals surface area (Å²) in [6.07, 6.45) is 0. The maximum absolute atomic E-state index is 12.1. The van der Waals surface area contributed by atoms with Gasteiger partial charge in [0, 0.05) is 4.90 Å². The molecule has 1 aromatic rings. The molecule has 1 nitrogen and oxygen atoms in total. The zero-order valence-electron chi connectivity index (χ0n) is 7.67. The minimum atomic E-state index is -2.36. The minimum absolute atomic E-state index is 0.237. The molecule has 4 heteroatoms. The molecule has 1 aliphatic rings. The Labute approximate surface area is 85.5 Å². The number of benzene rings is 1. The lowest BCUT2D eigenvalue weighted by Crippen LogP contribution is -2.01. The summed E-state index contributed by atoms with van der Waals surface area (Å²) in [4.78, 5) is 0.592. The number of thioether (sulfide) groups is 1. The van der Waals surface area contributed by atoms with Crippen LogP contribution in [0.25, 0.3) is 0 Å². The van der Waals surface area contributed by atoms with E-state index >= 15 is 0 Å². The van der Waals surface area contributed by atoms with Gasteiger partial charge in [-0.2, -0.15) is 8.78 Å². The van der Waals surface area contributed by atoms with Crippen molar-refractivity contribution >= 4 is 11.8 Å². The Morgan fingerprint density at radius 2 is 2.21 bits per heavy atom. The van der Waals surface area contributed by atoms with Gasteiger partial charge in [0.15, 0.2) is 0 Å². The van der Waals surface area contributed by atoms with Crippen molar-refractivity contribution in [2.24, 2.45) is 0 Å². The Kier molecular flexibility index (Phi) is 2.49. The lowest BCUT2D eigenvalue weighted by molar-refractivity contribution is 0.252. The van der Waals surface area contributed by atoms with Crippen LogP contribution >= 0.6 is 11.8 Å². The van der Waals surface area contributed by atoms with E-state index < -0.39 is 5.76 Å². The molecule has 1 saturated heterocycles. The van der Waals surface area contributed by atoms with Crippen LogP contribution in [0.4, 0.5) is 8.78 Å². The first-order valence-electron chi connectivity index (χ1n) is 4.29. The molecule has 0 N–H and O–H groups in total. The highest BCUT2D eigenvalue weighted by Crippen LogP contribution is 2.39. The van der Waals surface area contributed by atoms with E-state index in [0.29, 0.717) is 23.3 Å². The third kappa shape index (κ3) is 2.07. The predicted octanol–water partition coefficient (Wildman–Crippen LogP) is 3.25. The summed E-state index contributed by atoms with van der Waals surface area (Å²) in [6, 6.07) is 7.14. The molecule has 0 radical (unpaired) electrons. The molecule has 0 aliphatic carbocycles. The number of halogens is 2. The van der Waals surface area contributed by atoms with Gasteiger partial charge in [-0.1, -0.05) is 23.9 Å². The first-order chi connectivity index (χ1) is 6.60. The molecule has 1 heterocycles. The van der Waals surface area contributed by atoms with E-state index in [2.05, 4.69) is 0 Å².